The molecule has 0 unspecified atom stereocenters. The number of hydrazine groups is 1. The molecule has 3 aliphatic rings. The lowest BCUT2D eigenvalue weighted by atomic mass is 10.0. The van der Waals surface area contributed by atoms with Crippen LogP contribution in [0.5, 0.6) is 0 Å². The minimum absolute atomic E-state index is 0.321. The van der Waals surface area contributed by atoms with Crippen LogP contribution in [-0.2, 0) is 9.84 Å². The number of piperazine rings is 1. The molecule has 3 heterocycles. The van der Waals surface area contributed by atoms with E-state index in [4.69, 9.17) is 0 Å². The summed E-state index contributed by atoms with van der Waals surface area (Å²) in [4.78, 5) is 2.62. The van der Waals surface area contributed by atoms with E-state index in [1.807, 2.05) is 0 Å². The molecule has 0 radical (unpaired) electrons. The first-order chi connectivity index (χ1) is 9.64. The number of sulfone groups is 1. The van der Waals surface area contributed by atoms with Gasteiger partial charge in [-0.2, -0.15) is 0 Å². The zero-order chi connectivity index (χ0) is 14.0. The minimum atomic E-state index is -2.77. The molecule has 3 fully saturated rings. The van der Waals surface area contributed by atoms with Crippen LogP contribution in [0.2, 0.25) is 0 Å². The first kappa shape index (κ1) is 14.7. The van der Waals surface area contributed by atoms with Gasteiger partial charge in [0.2, 0.25) is 0 Å². The summed E-state index contributed by atoms with van der Waals surface area (Å²) < 4.78 is 23.0. The third-order valence-corrected chi connectivity index (χ3v) is 6.45. The van der Waals surface area contributed by atoms with E-state index in [2.05, 4.69) is 20.2 Å². The second-order valence-electron chi connectivity index (χ2n) is 6.08. The Morgan fingerprint density at radius 1 is 0.800 bits per heavy atom. The van der Waals surface area contributed by atoms with Crippen LogP contribution < -0.4 is 5.32 Å². The van der Waals surface area contributed by atoms with Crippen LogP contribution in [0.15, 0.2) is 0 Å². The van der Waals surface area contributed by atoms with Gasteiger partial charge in [-0.1, -0.05) is 0 Å². The standard InChI is InChI=1S/C13H26N4O2S/c18-20(19)11-9-17(10-12-20)16-7-5-15(6-8-16)13-1-3-14-4-2-13/h13-14H,1-12H2. The number of nitrogens with zero attached hydrogens (tertiary/aromatic N) is 3. The number of hydrogen-bond donors (Lipinski definition) is 1. The molecule has 0 aromatic heterocycles. The van der Waals surface area contributed by atoms with E-state index in [1.165, 1.54) is 12.8 Å². The maximum absolute atomic E-state index is 11.5. The number of nitrogens with one attached hydrogen (secondary N) is 1. The largest absolute Gasteiger partial charge is 0.317 e. The van der Waals surface area contributed by atoms with Gasteiger partial charge in [-0.3, -0.25) is 4.90 Å². The molecule has 1 N–H and O–H groups in total. The number of piperidine rings is 1. The summed E-state index contributed by atoms with van der Waals surface area (Å²) >= 11 is 0. The van der Waals surface area contributed by atoms with Gasteiger partial charge in [0, 0.05) is 45.3 Å². The van der Waals surface area contributed by atoms with E-state index in [-0.39, 0.29) is 0 Å². The molecule has 7 heteroatoms. The Morgan fingerprint density at radius 3 is 1.95 bits per heavy atom. The summed E-state index contributed by atoms with van der Waals surface area (Å²) in [5, 5.41) is 8.04. The number of rotatable bonds is 2. The molecule has 0 aliphatic carbocycles. The van der Waals surface area contributed by atoms with Crippen LogP contribution in [0, 0.1) is 0 Å². The van der Waals surface area contributed by atoms with Gasteiger partial charge in [0.1, 0.15) is 0 Å². The highest BCUT2D eigenvalue weighted by atomic mass is 32.2. The molecule has 0 amide bonds. The normalized spacial score (nSPS) is 31.4. The Labute approximate surface area is 122 Å². The van der Waals surface area contributed by atoms with Crippen LogP contribution in [0.4, 0.5) is 0 Å². The summed E-state index contributed by atoms with van der Waals surface area (Å²) in [7, 11) is -2.77. The second kappa shape index (κ2) is 6.27. The SMILES string of the molecule is O=S1(=O)CCN(N2CCN(C3CCNCC3)CC2)CC1. The van der Waals surface area contributed by atoms with E-state index >= 15 is 0 Å². The Hall–Kier alpha value is -0.210. The van der Waals surface area contributed by atoms with E-state index in [1.54, 1.807) is 0 Å². The van der Waals surface area contributed by atoms with Crippen molar-refractivity contribution in [2.75, 3.05) is 63.9 Å². The van der Waals surface area contributed by atoms with Gasteiger partial charge in [0.15, 0.2) is 9.84 Å². The summed E-state index contributed by atoms with van der Waals surface area (Å²) in [5.74, 6) is 0.642. The molecule has 0 bridgehead atoms. The average Bonchev–Trinajstić information content (AvgIpc) is 2.48. The molecular formula is C13H26N4O2S. The van der Waals surface area contributed by atoms with Crippen molar-refractivity contribution in [2.45, 2.75) is 18.9 Å². The van der Waals surface area contributed by atoms with Gasteiger partial charge >= 0.3 is 0 Å². The molecule has 3 saturated heterocycles. The lowest BCUT2D eigenvalue weighted by Gasteiger charge is -2.45. The molecule has 0 spiro atoms. The van der Waals surface area contributed by atoms with Gasteiger partial charge in [-0.25, -0.2) is 18.4 Å². The van der Waals surface area contributed by atoms with Gasteiger partial charge in [0.25, 0.3) is 0 Å². The third-order valence-electron chi connectivity index (χ3n) is 4.84. The van der Waals surface area contributed by atoms with Crippen LogP contribution in [0.25, 0.3) is 0 Å². The molecular weight excluding hydrogens is 276 g/mol. The number of hydrogen-bond acceptors (Lipinski definition) is 6. The predicted molar refractivity (Wildman–Crippen MR) is 79.3 cm³/mol. The van der Waals surface area contributed by atoms with E-state index < -0.39 is 9.84 Å². The minimum Gasteiger partial charge on any atom is -0.317 e. The molecule has 0 saturated carbocycles. The van der Waals surface area contributed by atoms with Crippen LogP contribution in [-0.4, -0.2) is 93.2 Å². The van der Waals surface area contributed by atoms with E-state index in [9.17, 15) is 8.42 Å². The fourth-order valence-electron chi connectivity index (χ4n) is 3.52. The Bertz CT molecular complexity index is 400. The predicted octanol–water partition coefficient (Wildman–Crippen LogP) is -0.999. The highest BCUT2D eigenvalue weighted by Crippen LogP contribution is 2.16. The molecule has 6 nitrogen and oxygen atoms in total. The fourth-order valence-corrected chi connectivity index (χ4v) is 4.70. The van der Waals surface area contributed by atoms with Crippen molar-refractivity contribution in [1.29, 1.82) is 0 Å². The zero-order valence-electron chi connectivity index (χ0n) is 12.1. The lowest BCUT2D eigenvalue weighted by Crippen LogP contribution is -2.59. The maximum Gasteiger partial charge on any atom is 0.152 e. The van der Waals surface area contributed by atoms with Crippen molar-refractivity contribution >= 4 is 9.84 Å². The molecule has 0 atom stereocenters. The molecule has 116 valence electrons. The van der Waals surface area contributed by atoms with Crippen molar-refractivity contribution in [2.24, 2.45) is 0 Å². The first-order valence-corrected chi connectivity index (χ1v) is 9.61. The van der Waals surface area contributed by atoms with Crippen molar-refractivity contribution in [3.8, 4) is 0 Å². The lowest BCUT2D eigenvalue weighted by molar-refractivity contribution is -0.0607. The van der Waals surface area contributed by atoms with Crippen LogP contribution >= 0.6 is 0 Å². The van der Waals surface area contributed by atoms with Crippen LogP contribution in [0.3, 0.4) is 0 Å². The highest BCUT2D eigenvalue weighted by Gasteiger charge is 2.30. The summed E-state index contributed by atoms with van der Waals surface area (Å²) in [5.41, 5.74) is 0. The van der Waals surface area contributed by atoms with E-state index in [0.717, 1.165) is 45.3 Å². The molecule has 0 aromatic rings. The topological polar surface area (TPSA) is 55.9 Å². The molecule has 20 heavy (non-hydrogen) atoms. The van der Waals surface area contributed by atoms with Gasteiger partial charge in [-0.05, 0) is 25.9 Å². The van der Waals surface area contributed by atoms with E-state index in [0.29, 0.717) is 24.6 Å². The Morgan fingerprint density at radius 2 is 1.35 bits per heavy atom. The maximum atomic E-state index is 11.5. The summed E-state index contributed by atoms with van der Waals surface area (Å²) in [6.07, 6.45) is 2.53. The van der Waals surface area contributed by atoms with Gasteiger partial charge in [0.05, 0.1) is 11.5 Å². The van der Waals surface area contributed by atoms with Crippen molar-refractivity contribution < 1.29 is 8.42 Å². The Kier molecular flexibility index (Phi) is 4.62. The van der Waals surface area contributed by atoms with Crippen molar-refractivity contribution in [1.82, 2.24) is 20.2 Å². The average molecular weight is 302 g/mol. The fraction of sp³-hybridized carbons (Fsp3) is 1.00. The summed E-state index contributed by atoms with van der Waals surface area (Å²) in [6, 6.07) is 0.750. The van der Waals surface area contributed by atoms with Gasteiger partial charge < -0.3 is 5.32 Å². The molecule has 3 aliphatic heterocycles. The van der Waals surface area contributed by atoms with Crippen molar-refractivity contribution in [3.63, 3.8) is 0 Å². The van der Waals surface area contributed by atoms with Crippen LogP contribution in [0.1, 0.15) is 12.8 Å². The zero-order valence-corrected chi connectivity index (χ0v) is 12.9. The Balaban J connectivity index is 1.46. The highest BCUT2D eigenvalue weighted by molar-refractivity contribution is 7.91. The summed E-state index contributed by atoms with van der Waals surface area (Å²) in [6.45, 7) is 7.98. The smallest absolute Gasteiger partial charge is 0.152 e. The molecule has 3 rings (SSSR count). The quantitative estimate of drug-likeness (QED) is 0.706. The third kappa shape index (κ3) is 3.51. The monoisotopic (exact) mass is 302 g/mol. The first-order valence-electron chi connectivity index (χ1n) is 7.79. The molecule has 0 aromatic carbocycles. The van der Waals surface area contributed by atoms with Crippen molar-refractivity contribution in [3.05, 3.63) is 0 Å². The second-order valence-corrected chi connectivity index (χ2v) is 8.38. The van der Waals surface area contributed by atoms with Gasteiger partial charge in [-0.15, -0.1) is 0 Å².